The summed E-state index contributed by atoms with van der Waals surface area (Å²) in [4.78, 5) is 4.33. The van der Waals surface area contributed by atoms with Gasteiger partial charge in [-0.15, -0.1) is 0 Å². The number of ether oxygens (including phenoxy) is 2. The van der Waals surface area contributed by atoms with Crippen LogP contribution in [0.4, 0.5) is 0 Å². The zero-order chi connectivity index (χ0) is 19.1. The molecule has 3 heteroatoms. The van der Waals surface area contributed by atoms with Gasteiger partial charge in [0.2, 0.25) is 0 Å². The Bertz CT molecular complexity index is 764. The van der Waals surface area contributed by atoms with Crippen LogP contribution in [0.25, 0.3) is 5.57 Å². The highest BCUT2D eigenvalue weighted by Gasteiger charge is 2.22. The van der Waals surface area contributed by atoms with Crippen molar-refractivity contribution in [3.63, 3.8) is 0 Å². The maximum absolute atomic E-state index is 5.85. The fraction of sp³-hybridized carbons (Fsp3) is 0.435. The molecule has 26 heavy (non-hydrogen) atoms. The van der Waals surface area contributed by atoms with Gasteiger partial charge in [-0.25, -0.2) is 0 Å². The quantitative estimate of drug-likeness (QED) is 0.542. The Morgan fingerprint density at radius 1 is 1.00 bits per heavy atom. The molecule has 3 nitrogen and oxygen atoms in total. The van der Waals surface area contributed by atoms with E-state index in [4.69, 9.17) is 9.47 Å². The number of methoxy groups -OCH3 is 2. The van der Waals surface area contributed by atoms with Gasteiger partial charge >= 0.3 is 0 Å². The Balaban J connectivity index is 2.70. The lowest BCUT2D eigenvalue weighted by molar-refractivity contribution is 0.394. The molecule has 0 N–H and O–H groups in total. The SMILES string of the molecule is CCCCCC=C(c1cccnc1)c1c(C)c(OC)c(C)c(C)c1OC. The van der Waals surface area contributed by atoms with Gasteiger partial charge in [0.25, 0.3) is 0 Å². The van der Waals surface area contributed by atoms with Crippen LogP contribution in [-0.4, -0.2) is 19.2 Å². The number of aromatic nitrogens is 1. The van der Waals surface area contributed by atoms with Crippen molar-refractivity contribution in [3.05, 3.63) is 58.4 Å². The number of allylic oxidation sites excluding steroid dienone is 1. The van der Waals surface area contributed by atoms with Gasteiger partial charge < -0.3 is 9.47 Å². The summed E-state index contributed by atoms with van der Waals surface area (Å²) in [6, 6.07) is 4.09. The normalized spacial score (nSPS) is 11.5. The van der Waals surface area contributed by atoms with Crippen molar-refractivity contribution in [2.45, 2.75) is 53.4 Å². The van der Waals surface area contributed by atoms with Crippen LogP contribution < -0.4 is 9.47 Å². The molecule has 0 aliphatic carbocycles. The van der Waals surface area contributed by atoms with E-state index in [0.29, 0.717) is 0 Å². The van der Waals surface area contributed by atoms with Gasteiger partial charge in [-0.05, 0) is 56.4 Å². The Kier molecular flexibility index (Phi) is 7.26. The van der Waals surface area contributed by atoms with Gasteiger partial charge in [0.1, 0.15) is 11.5 Å². The van der Waals surface area contributed by atoms with Gasteiger partial charge in [-0.3, -0.25) is 4.98 Å². The number of unbranched alkanes of at least 4 members (excludes halogenated alkanes) is 3. The van der Waals surface area contributed by atoms with E-state index in [-0.39, 0.29) is 0 Å². The first-order valence-electron chi connectivity index (χ1n) is 9.39. The highest BCUT2D eigenvalue weighted by atomic mass is 16.5. The molecule has 140 valence electrons. The lowest BCUT2D eigenvalue weighted by atomic mass is 9.88. The van der Waals surface area contributed by atoms with E-state index >= 15 is 0 Å². The minimum Gasteiger partial charge on any atom is -0.496 e. The van der Waals surface area contributed by atoms with E-state index in [9.17, 15) is 0 Å². The van der Waals surface area contributed by atoms with Gasteiger partial charge in [0.15, 0.2) is 0 Å². The number of hydrogen-bond donors (Lipinski definition) is 0. The first-order valence-corrected chi connectivity index (χ1v) is 9.39. The molecule has 0 spiro atoms. The van der Waals surface area contributed by atoms with Gasteiger partial charge in [0.05, 0.1) is 14.2 Å². The van der Waals surface area contributed by atoms with E-state index in [1.54, 1.807) is 14.2 Å². The number of hydrogen-bond acceptors (Lipinski definition) is 3. The van der Waals surface area contributed by atoms with Gasteiger partial charge in [-0.2, -0.15) is 0 Å². The summed E-state index contributed by atoms with van der Waals surface area (Å²) in [5, 5.41) is 0. The first-order chi connectivity index (χ1) is 12.6. The van der Waals surface area contributed by atoms with Gasteiger partial charge in [-0.1, -0.05) is 31.9 Å². The van der Waals surface area contributed by atoms with E-state index < -0.39 is 0 Å². The molecule has 0 unspecified atom stereocenters. The largest absolute Gasteiger partial charge is 0.496 e. The molecule has 1 heterocycles. The second-order valence-electron chi connectivity index (χ2n) is 6.67. The van der Waals surface area contributed by atoms with Crippen LogP contribution in [0.5, 0.6) is 11.5 Å². The fourth-order valence-corrected chi connectivity index (χ4v) is 3.51. The molecule has 0 saturated carbocycles. The monoisotopic (exact) mass is 353 g/mol. The van der Waals surface area contributed by atoms with Crippen LogP contribution in [0.2, 0.25) is 0 Å². The molecule has 0 aliphatic heterocycles. The Hall–Kier alpha value is -2.29. The summed E-state index contributed by atoms with van der Waals surface area (Å²) in [6.07, 6.45) is 10.7. The van der Waals surface area contributed by atoms with Crippen molar-refractivity contribution in [2.75, 3.05) is 14.2 Å². The smallest absolute Gasteiger partial charge is 0.130 e. The molecule has 0 amide bonds. The van der Waals surface area contributed by atoms with Crippen LogP contribution in [-0.2, 0) is 0 Å². The number of rotatable bonds is 8. The second kappa shape index (κ2) is 9.42. The highest BCUT2D eigenvalue weighted by Crippen LogP contribution is 2.43. The third-order valence-electron chi connectivity index (χ3n) is 4.99. The lowest BCUT2D eigenvalue weighted by Crippen LogP contribution is -2.04. The molecule has 1 aromatic heterocycles. The zero-order valence-electron chi connectivity index (χ0n) is 17.0. The fourth-order valence-electron chi connectivity index (χ4n) is 3.51. The van der Waals surface area contributed by atoms with Crippen molar-refractivity contribution in [1.82, 2.24) is 4.98 Å². The van der Waals surface area contributed by atoms with Crippen LogP contribution in [0.3, 0.4) is 0 Å². The molecule has 0 fully saturated rings. The molecule has 0 saturated heterocycles. The molecule has 0 radical (unpaired) electrons. The Morgan fingerprint density at radius 3 is 2.27 bits per heavy atom. The van der Waals surface area contributed by atoms with Crippen molar-refractivity contribution in [2.24, 2.45) is 0 Å². The predicted octanol–water partition coefficient (Wildman–Crippen LogP) is 6.04. The molecule has 0 atom stereocenters. The molecule has 0 aliphatic rings. The van der Waals surface area contributed by atoms with E-state index in [1.165, 1.54) is 24.8 Å². The maximum Gasteiger partial charge on any atom is 0.130 e. The number of nitrogens with zero attached hydrogens (tertiary/aromatic N) is 1. The third kappa shape index (κ3) is 4.09. The van der Waals surface area contributed by atoms with Crippen LogP contribution in [0.15, 0.2) is 30.6 Å². The predicted molar refractivity (Wildman–Crippen MR) is 109 cm³/mol. The lowest BCUT2D eigenvalue weighted by Gasteiger charge is -2.22. The third-order valence-corrected chi connectivity index (χ3v) is 4.99. The Morgan fingerprint density at radius 2 is 1.69 bits per heavy atom. The number of pyridine rings is 1. The summed E-state index contributed by atoms with van der Waals surface area (Å²) in [5.74, 6) is 1.85. The average Bonchev–Trinajstić information content (AvgIpc) is 2.66. The molecule has 2 rings (SSSR count). The van der Waals surface area contributed by atoms with Crippen molar-refractivity contribution < 1.29 is 9.47 Å². The van der Waals surface area contributed by atoms with Crippen molar-refractivity contribution in [1.29, 1.82) is 0 Å². The van der Waals surface area contributed by atoms with E-state index in [2.05, 4.69) is 44.8 Å². The standard InChI is InChI=1S/C23H31NO2/c1-7-8-9-10-13-20(19-12-11-14-24-15-19)21-18(4)22(25-5)16(2)17(3)23(21)26-6/h11-15H,7-10H2,1-6H3. The molecular weight excluding hydrogens is 322 g/mol. The minimum atomic E-state index is 0.923. The van der Waals surface area contributed by atoms with Crippen LogP contribution >= 0.6 is 0 Å². The summed E-state index contributed by atoms with van der Waals surface area (Å²) < 4.78 is 11.6. The maximum atomic E-state index is 5.85. The average molecular weight is 354 g/mol. The zero-order valence-corrected chi connectivity index (χ0v) is 17.0. The molecule has 2 aromatic rings. The molecule has 1 aromatic carbocycles. The first kappa shape index (κ1) is 20.0. The van der Waals surface area contributed by atoms with E-state index in [0.717, 1.165) is 45.7 Å². The van der Waals surface area contributed by atoms with Crippen molar-refractivity contribution in [3.8, 4) is 11.5 Å². The molecule has 0 bridgehead atoms. The summed E-state index contributed by atoms with van der Waals surface area (Å²) >= 11 is 0. The summed E-state index contributed by atoms with van der Waals surface area (Å²) in [5.41, 5.74) is 6.74. The molecular formula is C23H31NO2. The van der Waals surface area contributed by atoms with Crippen molar-refractivity contribution >= 4 is 5.57 Å². The van der Waals surface area contributed by atoms with E-state index in [1.807, 2.05) is 18.5 Å². The Labute approximate surface area is 158 Å². The highest BCUT2D eigenvalue weighted by molar-refractivity contribution is 5.86. The summed E-state index contributed by atoms with van der Waals surface area (Å²) in [6.45, 7) is 8.52. The summed E-state index contributed by atoms with van der Waals surface area (Å²) in [7, 11) is 3.48. The van der Waals surface area contributed by atoms with Crippen LogP contribution in [0, 0.1) is 20.8 Å². The van der Waals surface area contributed by atoms with Crippen LogP contribution in [0.1, 0.15) is 60.4 Å². The van der Waals surface area contributed by atoms with Gasteiger partial charge in [0, 0.05) is 29.1 Å². The number of benzene rings is 1. The minimum absolute atomic E-state index is 0.923. The second-order valence-corrected chi connectivity index (χ2v) is 6.67. The topological polar surface area (TPSA) is 31.4 Å².